The van der Waals surface area contributed by atoms with Crippen LogP contribution in [-0.2, 0) is 11.4 Å². The van der Waals surface area contributed by atoms with E-state index in [0.29, 0.717) is 22.7 Å². The molecule has 2 unspecified atom stereocenters. The molecule has 0 saturated carbocycles. The number of benzene rings is 2. The maximum absolute atomic E-state index is 12.9. The molecule has 0 amide bonds. The maximum Gasteiger partial charge on any atom is 0.370 e. The van der Waals surface area contributed by atoms with Gasteiger partial charge in [-0.3, -0.25) is 4.90 Å². The van der Waals surface area contributed by atoms with Crippen molar-refractivity contribution in [1.29, 1.82) is 0 Å². The van der Waals surface area contributed by atoms with Gasteiger partial charge in [-0.05, 0) is 36.8 Å². The van der Waals surface area contributed by atoms with E-state index in [2.05, 4.69) is 45.5 Å². The second-order valence-electron chi connectivity index (χ2n) is 8.67. The van der Waals surface area contributed by atoms with E-state index in [4.69, 9.17) is 4.84 Å². The fourth-order valence-corrected chi connectivity index (χ4v) is 5.45. The fraction of sp³-hybridized carbons (Fsp3) is 0.346. The average Bonchev–Trinajstić information content (AvgIpc) is 3.29. The van der Waals surface area contributed by atoms with Crippen LogP contribution in [0.3, 0.4) is 0 Å². The number of nitrogens with zero attached hydrogens (tertiary/aromatic N) is 4. The molecule has 5 rings (SSSR count). The molecule has 2 aliphatic rings. The zero-order chi connectivity index (χ0) is 22.6. The molecule has 0 aliphatic carbocycles. The molecule has 7 heteroatoms. The Hall–Kier alpha value is -2.90. The topological polar surface area (TPSA) is 59.7 Å². The van der Waals surface area contributed by atoms with Crippen LogP contribution in [0.4, 0.5) is 0 Å². The van der Waals surface area contributed by atoms with Crippen molar-refractivity contribution in [3.63, 3.8) is 0 Å². The largest absolute Gasteiger partial charge is 0.370 e. The van der Waals surface area contributed by atoms with Gasteiger partial charge >= 0.3 is 5.97 Å². The number of oxime groups is 1. The van der Waals surface area contributed by atoms with Crippen LogP contribution in [0.2, 0.25) is 0 Å². The van der Waals surface area contributed by atoms with Crippen molar-refractivity contribution in [3.05, 3.63) is 78.0 Å². The predicted molar refractivity (Wildman–Crippen MR) is 131 cm³/mol. The Kier molecular flexibility index (Phi) is 6.60. The van der Waals surface area contributed by atoms with Crippen molar-refractivity contribution in [2.75, 3.05) is 6.26 Å². The van der Waals surface area contributed by atoms with Gasteiger partial charge in [-0.1, -0.05) is 60.1 Å². The third-order valence-electron chi connectivity index (χ3n) is 6.54. The van der Waals surface area contributed by atoms with E-state index in [-0.39, 0.29) is 0 Å². The van der Waals surface area contributed by atoms with E-state index in [9.17, 15) is 4.79 Å². The van der Waals surface area contributed by atoms with Gasteiger partial charge in [-0.15, -0.1) is 11.8 Å². The van der Waals surface area contributed by atoms with Crippen molar-refractivity contribution in [2.45, 2.75) is 55.8 Å². The molecule has 2 aliphatic heterocycles. The number of para-hydroxylation sites is 1. The third-order valence-corrected chi connectivity index (χ3v) is 7.22. The molecular weight excluding hydrogens is 432 g/mol. The summed E-state index contributed by atoms with van der Waals surface area (Å²) in [7, 11) is 0. The number of fused-ring (bicyclic) bond motifs is 2. The molecule has 2 saturated heterocycles. The van der Waals surface area contributed by atoms with Crippen LogP contribution in [0.15, 0.2) is 77.0 Å². The summed E-state index contributed by atoms with van der Waals surface area (Å²) >= 11 is 1.43. The van der Waals surface area contributed by atoms with Gasteiger partial charge in [0.15, 0.2) is 0 Å². The van der Waals surface area contributed by atoms with E-state index < -0.39 is 5.97 Å². The van der Waals surface area contributed by atoms with Crippen LogP contribution in [0.5, 0.6) is 0 Å². The maximum atomic E-state index is 12.9. The van der Waals surface area contributed by atoms with Gasteiger partial charge in [-0.2, -0.15) is 5.10 Å². The number of carbonyl (C=O) groups is 1. The molecular formula is C26H28N4O2S. The smallest absolute Gasteiger partial charge is 0.313 e. The second-order valence-corrected chi connectivity index (χ2v) is 9.47. The Bertz CT molecular complexity index is 1110. The summed E-state index contributed by atoms with van der Waals surface area (Å²) in [6, 6.07) is 21.3. The molecule has 0 N–H and O–H groups in total. The minimum absolute atomic E-state index is 0.442. The summed E-state index contributed by atoms with van der Waals surface area (Å²) in [6.45, 7) is 0.971. The molecule has 2 atom stereocenters. The summed E-state index contributed by atoms with van der Waals surface area (Å²) in [6.07, 6.45) is 8.92. The van der Waals surface area contributed by atoms with Crippen LogP contribution in [-0.4, -0.2) is 44.7 Å². The molecule has 1 aromatic heterocycles. The normalized spacial score (nSPS) is 20.5. The number of thioether (sulfide) groups is 1. The quantitative estimate of drug-likeness (QED) is 0.283. The highest BCUT2D eigenvalue weighted by molar-refractivity contribution is 7.98. The van der Waals surface area contributed by atoms with Gasteiger partial charge in [0, 0.05) is 37.7 Å². The van der Waals surface area contributed by atoms with Crippen molar-refractivity contribution in [3.8, 4) is 5.69 Å². The number of carbonyl (C=O) groups excluding carboxylic acids is 1. The van der Waals surface area contributed by atoms with Gasteiger partial charge in [0.05, 0.1) is 11.4 Å². The first-order valence-corrected chi connectivity index (χ1v) is 12.7. The van der Waals surface area contributed by atoms with E-state index in [0.717, 1.165) is 43.6 Å². The third kappa shape index (κ3) is 4.89. The van der Waals surface area contributed by atoms with E-state index in [1.54, 1.807) is 10.9 Å². The lowest BCUT2D eigenvalue weighted by molar-refractivity contribution is 0.0473. The minimum Gasteiger partial charge on any atom is -0.313 e. The second kappa shape index (κ2) is 9.93. The lowest BCUT2D eigenvalue weighted by Gasteiger charge is -2.46. The SMILES string of the molecule is CSc1nn(-c2ccccc2)cc1C(=O)ON=C1CC2CCCC(C1)N2Cc1ccccc1. The zero-order valence-corrected chi connectivity index (χ0v) is 19.6. The van der Waals surface area contributed by atoms with E-state index >= 15 is 0 Å². The summed E-state index contributed by atoms with van der Waals surface area (Å²) < 4.78 is 1.71. The first-order valence-electron chi connectivity index (χ1n) is 11.5. The molecule has 33 heavy (non-hydrogen) atoms. The standard InChI is InChI=1S/C26H28N4O2S/c1-33-25-24(18-30(27-25)21-11-6-3-7-12-21)26(31)32-28-20-15-22-13-8-14-23(16-20)29(22)17-19-9-4-2-5-10-19/h2-7,9-12,18,22-23H,8,13-17H2,1H3. The van der Waals surface area contributed by atoms with Gasteiger partial charge in [-0.25, -0.2) is 9.48 Å². The van der Waals surface area contributed by atoms with Crippen molar-refractivity contribution < 1.29 is 9.63 Å². The molecule has 0 radical (unpaired) electrons. The highest BCUT2D eigenvalue weighted by Crippen LogP contribution is 2.34. The molecule has 2 bridgehead atoms. The van der Waals surface area contributed by atoms with E-state index in [1.165, 1.54) is 23.7 Å². The number of hydrogen-bond acceptors (Lipinski definition) is 6. The molecule has 3 heterocycles. The zero-order valence-electron chi connectivity index (χ0n) is 18.8. The van der Waals surface area contributed by atoms with Gasteiger partial charge in [0.2, 0.25) is 0 Å². The lowest BCUT2D eigenvalue weighted by Crippen LogP contribution is -2.51. The van der Waals surface area contributed by atoms with Crippen LogP contribution >= 0.6 is 11.8 Å². The Balaban J connectivity index is 1.27. The Labute approximate surface area is 198 Å². The van der Waals surface area contributed by atoms with Crippen LogP contribution in [0.1, 0.15) is 48.0 Å². The molecule has 2 aromatic carbocycles. The number of hydrogen-bond donors (Lipinski definition) is 0. The average molecular weight is 461 g/mol. The van der Waals surface area contributed by atoms with Crippen molar-refractivity contribution in [1.82, 2.24) is 14.7 Å². The summed E-state index contributed by atoms with van der Waals surface area (Å²) in [4.78, 5) is 20.9. The van der Waals surface area contributed by atoms with Gasteiger partial charge in [0.25, 0.3) is 0 Å². The first kappa shape index (κ1) is 21.9. The number of rotatable bonds is 6. The molecule has 170 valence electrons. The fourth-order valence-electron chi connectivity index (χ4n) is 4.93. The summed E-state index contributed by atoms with van der Waals surface area (Å²) in [5, 5.41) is 9.51. The molecule has 2 fully saturated rings. The van der Waals surface area contributed by atoms with Crippen LogP contribution in [0.25, 0.3) is 5.69 Å². The minimum atomic E-state index is -0.453. The van der Waals surface area contributed by atoms with E-state index in [1.807, 2.05) is 36.6 Å². The Morgan fingerprint density at radius 3 is 2.39 bits per heavy atom. The van der Waals surface area contributed by atoms with Crippen LogP contribution in [0, 0.1) is 0 Å². The lowest BCUT2D eigenvalue weighted by atomic mass is 9.83. The van der Waals surface area contributed by atoms with Crippen molar-refractivity contribution >= 4 is 23.4 Å². The molecule has 3 aromatic rings. The number of aromatic nitrogens is 2. The van der Waals surface area contributed by atoms with Crippen LogP contribution < -0.4 is 0 Å². The Morgan fingerprint density at radius 1 is 1.06 bits per heavy atom. The predicted octanol–water partition coefficient (Wildman–Crippen LogP) is 5.32. The molecule has 0 spiro atoms. The van der Waals surface area contributed by atoms with Gasteiger partial charge < -0.3 is 4.84 Å². The monoisotopic (exact) mass is 460 g/mol. The van der Waals surface area contributed by atoms with Crippen molar-refractivity contribution in [2.24, 2.45) is 5.16 Å². The summed E-state index contributed by atoms with van der Waals surface area (Å²) in [5.41, 5.74) is 3.68. The highest BCUT2D eigenvalue weighted by atomic mass is 32.2. The number of piperidine rings is 2. The summed E-state index contributed by atoms with van der Waals surface area (Å²) in [5.74, 6) is -0.453. The highest BCUT2D eigenvalue weighted by Gasteiger charge is 2.37. The first-order chi connectivity index (χ1) is 16.2. The Morgan fingerprint density at radius 2 is 1.73 bits per heavy atom. The molecule has 6 nitrogen and oxygen atoms in total. The van der Waals surface area contributed by atoms with Gasteiger partial charge in [0.1, 0.15) is 10.6 Å².